The quantitative estimate of drug-likeness (QED) is 0.287. The van der Waals surface area contributed by atoms with Gasteiger partial charge in [0.05, 0.1) is 30.1 Å². The Morgan fingerprint density at radius 1 is 1.11 bits per heavy atom. The summed E-state index contributed by atoms with van der Waals surface area (Å²) in [6, 6.07) is 0. The third-order valence-corrected chi connectivity index (χ3v) is 5.73. The zero-order chi connectivity index (χ0) is 22.3. The van der Waals surface area contributed by atoms with Crippen LogP contribution in [0.15, 0.2) is 0 Å². The molecule has 1 fully saturated rings. The van der Waals surface area contributed by atoms with Gasteiger partial charge in [0.2, 0.25) is 0 Å². The molecule has 0 heterocycles. The number of esters is 1. The molecule has 0 aromatic rings. The first-order valence-electron chi connectivity index (χ1n) is 8.55. The number of carbonyl (C=O) groups is 1. The minimum Gasteiger partial charge on any atom is -0.465 e. The maximum atomic E-state index is 13.4. The van der Waals surface area contributed by atoms with Gasteiger partial charge in [-0.2, -0.15) is 26.0 Å². The predicted molar refractivity (Wildman–Crippen MR) is 89.3 cm³/mol. The molecule has 0 bridgehead atoms. The Hall–Kier alpha value is -0.980. The maximum absolute atomic E-state index is 13.4. The van der Waals surface area contributed by atoms with Crippen molar-refractivity contribution in [3.05, 3.63) is 0 Å². The minimum atomic E-state index is -6.35. The van der Waals surface area contributed by atoms with Gasteiger partial charge in [0, 0.05) is 5.92 Å². The number of ether oxygens (including phenoxy) is 1. The van der Waals surface area contributed by atoms with E-state index in [1.807, 2.05) is 0 Å². The molecule has 0 spiro atoms. The van der Waals surface area contributed by atoms with E-state index in [-0.39, 0.29) is 18.8 Å². The van der Waals surface area contributed by atoms with Gasteiger partial charge in [-0.05, 0) is 46.5 Å². The van der Waals surface area contributed by atoms with Crippen LogP contribution in [0.2, 0.25) is 0 Å². The first-order chi connectivity index (χ1) is 12.2. The zero-order valence-electron chi connectivity index (χ0n) is 16.0. The third kappa shape index (κ3) is 5.55. The molecule has 0 saturated heterocycles. The van der Waals surface area contributed by atoms with Crippen LogP contribution in [0.3, 0.4) is 0 Å². The summed E-state index contributed by atoms with van der Waals surface area (Å²) in [5, 5.41) is 14.5. The summed E-state index contributed by atoms with van der Waals surface area (Å²) < 4.78 is 86.8. The summed E-state index contributed by atoms with van der Waals surface area (Å²) in [5.74, 6) is -7.93. The highest BCUT2D eigenvalue weighted by atomic mass is 32.2. The molecule has 0 aromatic heterocycles. The van der Waals surface area contributed by atoms with E-state index in [0.29, 0.717) is 0 Å². The van der Waals surface area contributed by atoms with Crippen molar-refractivity contribution in [1.82, 2.24) is 0 Å². The lowest BCUT2D eigenvalue weighted by Gasteiger charge is -2.50. The molecule has 28 heavy (non-hydrogen) atoms. The second kappa shape index (κ2) is 7.69. The summed E-state index contributed by atoms with van der Waals surface area (Å²) in [5.41, 5.74) is -2.41. The molecule has 0 aromatic carbocycles. The van der Waals surface area contributed by atoms with Crippen molar-refractivity contribution in [2.24, 2.45) is 17.8 Å². The van der Waals surface area contributed by atoms with E-state index in [1.165, 1.54) is 13.8 Å². The summed E-state index contributed by atoms with van der Waals surface area (Å²) in [4.78, 5) is 12.1. The first kappa shape index (κ1) is 25.1. The number of halogens is 4. The van der Waals surface area contributed by atoms with Crippen molar-refractivity contribution >= 4 is 16.1 Å². The van der Waals surface area contributed by atoms with Crippen LogP contribution in [0.5, 0.6) is 0 Å². The highest BCUT2D eigenvalue weighted by Crippen LogP contribution is 2.50. The lowest BCUT2D eigenvalue weighted by atomic mass is 9.56. The summed E-state index contributed by atoms with van der Waals surface area (Å²) >= 11 is 0. The SMILES string of the molecule is CC(C)(O)CC1CC(C(=O)OCCC(F)(F)C(F)(F)S(=O)(=O)O)C1C(C)(C)O. The van der Waals surface area contributed by atoms with E-state index in [4.69, 9.17) is 4.55 Å². The van der Waals surface area contributed by atoms with Crippen molar-refractivity contribution in [3.8, 4) is 0 Å². The molecule has 12 heteroatoms. The number of carbonyl (C=O) groups excluding carboxylic acids is 1. The second-order valence-corrected chi connectivity index (χ2v) is 9.87. The Labute approximate surface area is 160 Å². The van der Waals surface area contributed by atoms with Crippen molar-refractivity contribution in [2.45, 2.75) is 69.3 Å². The van der Waals surface area contributed by atoms with Crippen LogP contribution in [0.4, 0.5) is 17.6 Å². The van der Waals surface area contributed by atoms with Gasteiger partial charge in [-0.1, -0.05) is 0 Å². The molecular weight excluding hydrogens is 412 g/mol. The van der Waals surface area contributed by atoms with Crippen molar-refractivity contribution in [3.63, 3.8) is 0 Å². The highest BCUT2D eigenvalue weighted by molar-refractivity contribution is 7.87. The fourth-order valence-corrected chi connectivity index (χ4v) is 4.12. The first-order valence-corrected chi connectivity index (χ1v) is 9.99. The number of alkyl halides is 4. The smallest absolute Gasteiger partial charge is 0.431 e. The molecular formula is C16H26F4O7S. The number of aliphatic hydroxyl groups is 2. The van der Waals surface area contributed by atoms with Crippen LogP contribution in [0.1, 0.15) is 47.0 Å². The largest absolute Gasteiger partial charge is 0.465 e. The summed E-state index contributed by atoms with van der Waals surface area (Å²) in [6.07, 6.45) is -1.35. The maximum Gasteiger partial charge on any atom is 0.431 e. The van der Waals surface area contributed by atoms with Gasteiger partial charge in [0.15, 0.2) is 0 Å². The zero-order valence-corrected chi connectivity index (χ0v) is 16.8. The van der Waals surface area contributed by atoms with Crippen LogP contribution in [0, 0.1) is 17.8 Å². The number of hydrogen-bond acceptors (Lipinski definition) is 6. The van der Waals surface area contributed by atoms with Crippen molar-refractivity contribution < 1.29 is 50.3 Å². The van der Waals surface area contributed by atoms with E-state index in [1.54, 1.807) is 13.8 Å². The fraction of sp³-hybridized carbons (Fsp3) is 0.938. The molecule has 3 atom stereocenters. The average Bonchev–Trinajstić information content (AvgIpc) is 2.37. The molecule has 1 aliphatic rings. The monoisotopic (exact) mass is 438 g/mol. The lowest BCUT2D eigenvalue weighted by Crippen LogP contribution is -2.54. The van der Waals surface area contributed by atoms with Crippen LogP contribution in [-0.2, 0) is 19.6 Å². The van der Waals surface area contributed by atoms with Crippen LogP contribution < -0.4 is 0 Å². The number of rotatable bonds is 9. The molecule has 3 unspecified atom stereocenters. The summed E-state index contributed by atoms with van der Waals surface area (Å²) in [7, 11) is -6.35. The van der Waals surface area contributed by atoms with E-state index in [2.05, 4.69) is 4.74 Å². The van der Waals surface area contributed by atoms with Gasteiger partial charge in [-0.15, -0.1) is 0 Å². The van der Waals surface area contributed by atoms with Gasteiger partial charge in [0.1, 0.15) is 0 Å². The third-order valence-electron chi connectivity index (χ3n) is 4.79. The topological polar surface area (TPSA) is 121 Å². The Morgan fingerprint density at radius 3 is 2.00 bits per heavy atom. The Kier molecular flexibility index (Phi) is 6.88. The molecule has 7 nitrogen and oxygen atoms in total. The molecule has 0 amide bonds. The standard InChI is InChI=1S/C16H26F4O7S/c1-13(2,22)8-9-7-10(11(9)14(3,4)23)12(21)27-6-5-15(17,18)16(19,20)28(24,25)26/h9-11,22-23H,5-8H2,1-4H3,(H,24,25,26). The van der Waals surface area contributed by atoms with Crippen molar-refractivity contribution in [1.29, 1.82) is 0 Å². The number of hydrogen-bond donors (Lipinski definition) is 3. The lowest BCUT2D eigenvalue weighted by molar-refractivity contribution is -0.186. The van der Waals surface area contributed by atoms with E-state index >= 15 is 0 Å². The molecule has 1 aliphatic carbocycles. The normalized spacial score (nSPS) is 24.6. The van der Waals surface area contributed by atoms with E-state index in [0.717, 1.165) is 0 Å². The van der Waals surface area contributed by atoms with Crippen LogP contribution in [0.25, 0.3) is 0 Å². The van der Waals surface area contributed by atoms with Gasteiger partial charge in [-0.25, -0.2) is 0 Å². The summed E-state index contributed by atoms with van der Waals surface area (Å²) in [6.45, 7) is 4.78. The van der Waals surface area contributed by atoms with Gasteiger partial charge in [0.25, 0.3) is 0 Å². The van der Waals surface area contributed by atoms with Crippen LogP contribution >= 0.6 is 0 Å². The Morgan fingerprint density at radius 2 is 1.61 bits per heavy atom. The van der Waals surface area contributed by atoms with Gasteiger partial charge >= 0.3 is 27.3 Å². The van der Waals surface area contributed by atoms with E-state index in [9.17, 15) is 41.0 Å². The minimum absolute atomic E-state index is 0.203. The molecule has 166 valence electrons. The van der Waals surface area contributed by atoms with Gasteiger partial charge < -0.3 is 14.9 Å². The Balaban J connectivity index is 2.73. The Bertz CT molecular complexity index is 680. The molecule has 1 saturated carbocycles. The van der Waals surface area contributed by atoms with Crippen molar-refractivity contribution in [2.75, 3.05) is 6.61 Å². The van der Waals surface area contributed by atoms with E-state index < -0.39 is 63.3 Å². The fourth-order valence-electron chi connectivity index (χ4n) is 3.64. The predicted octanol–water partition coefficient (Wildman–Crippen LogP) is 2.22. The van der Waals surface area contributed by atoms with Gasteiger partial charge in [-0.3, -0.25) is 9.35 Å². The molecule has 0 radical (unpaired) electrons. The second-order valence-electron chi connectivity index (χ2n) is 8.41. The van der Waals surface area contributed by atoms with Crippen LogP contribution in [-0.4, -0.2) is 58.1 Å². The molecule has 0 aliphatic heterocycles. The molecule has 1 rings (SSSR count). The average molecular weight is 438 g/mol. The highest BCUT2D eigenvalue weighted by Gasteiger charge is 2.65. The molecule has 3 N–H and O–H groups in total.